The Morgan fingerprint density at radius 2 is 1.71 bits per heavy atom. The highest BCUT2D eigenvalue weighted by Gasteiger charge is 2.13. The smallest absolute Gasteiger partial charge is 0.329 e. The van der Waals surface area contributed by atoms with Gasteiger partial charge in [-0.1, -0.05) is 54.9 Å². The van der Waals surface area contributed by atoms with E-state index < -0.39 is 11.8 Å². The molecule has 0 aromatic heterocycles. The van der Waals surface area contributed by atoms with Crippen molar-refractivity contribution < 1.29 is 19.1 Å². The predicted octanol–water partition coefficient (Wildman–Crippen LogP) is 4.01. The largest absolute Gasteiger partial charge is 0.483 e. The minimum Gasteiger partial charge on any atom is -0.483 e. The monoisotopic (exact) mass is 478 g/mol. The van der Waals surface area contributed by atoms with E-state index in [1.165, 1.54) is 12.3 Å². The number of rotatable bonds is 8. The SMILES string of the molecule is CCc1ccccc1NC(=O)COc1ccccc1/C=N\NC(=O)C(=O)Nc1cccc(Cl)c1. The minimum absolute atomic E-state index is 0.211. The zero-order chi connectivity index (χ0) is 24.3. The third kappa shape index (κ3) is 7.18. The molecule has 0 fully saturated rings. The van der Waals surface area contributed by atoms with E-state index in [2.05, 4.69) is 21.2 Å². The van der Waals surface area contributed by atoms with Crippen LogP contribution in [0.5, 0.6) is 5.75 Å². The first-order valence-electron chi connectivity index (χ1n) is 10.5. The number of nitrogens with one attached hydrogen (secondary N) is 3. The van der Waals surface area contributed by atoms with Crippen molar-refractivity contribution in [3.8, 4) is 5.75 Å². The average molecular weight is 479 g/mol. The molecule has 0 spiro atoms. The highest BCUT2D eigenvalue weighted by Crippen LogP contribution is 2.18. The zero-order valence-corrected chi connectivity index (χ0v) is 19.1. The first-order valence-corrected chi connectivity index (χ1v) is 10.8. The molecule has 3 amide bonds. The number of para-hydroxylation sites is 2. The number of anilines is 2. The van der Waals surface area contributed by atoms with Crippen molar-refractivity contribution in [2.75, 3.05) is 17.2 Å². The molecule has 0 heterocycles. The van der Waals surface area contributed by atoms with E-state index in [0.717, 1.165) is 17.7 Å². The number of hydrogen-bond acceptors (Lipinski definition) is 5. The molecule has 174 valence electrons. The molecule has 3 aromatic rings. The molecule has 34 heavy (non-hydrogen) atoms. The van der Waals surface area contributed by atoms with Gasteiger partial charge in [-0.25, -0.2) is 5.43 Å². The fraction of sp³-hybridized carbons (Fsp3) is 0.120. The van der Waals surface area contributed by atoms with E-state index in [-0.39, 0.29) is 12.5 Å². The Labute approximate surface area is 202 Å². The van der Waals surface area contributed by atoms with Gasteiger partial charge in [-0.2, -0.15) is 5.10 Å². The molecule has 3 N–H and O–H groups in total. The Bertz CT molecular complexity index is 1210. The summed E-state index contributed by atoms with van der Waals surface area (Å²) in [6.07, 6.45) is 2.11. The van der Waals surface area contributed by atoms with Crippen molar-refractivity contribution in [3.05, 3.63) is 88.9 Å². The Balaban J connectivity index is 1.54. The lowest BCUT2D eigenvalue weighted by atomic mass is 10.1. The maximum Gasteiger partial charge on any atom is 0.329 e. The van der Waals surface area contributed by atoms with E-state index in [9.17, 15) is 14.4 Å². The number of halogens is 1. The van der Waals surface area contributed by atoms with Gasteiger partial charge in [0.25, 0.3) is 5.91 Å². The molecule has 0 aliphatic rings. The summed E-state index contributed by atoms with van der Waals surface area (Å²) in [5.74, 6) is -1.77. The second-order valence-electron chi connectivity index (χ2n) is 7.05. The van der Waals surface area contributed by atoms with E-state index in [1.807, 2.05) is 31.2 Å². The third-order valence-corrected chi connectivity index (χ3v) is 4.84. The number of carbonyl (C=O) groups is 3. The quantitative estimate of drug-likeness (QED) is 0.258. The predicted molar refractivity (Wildman–Crippen MR) is 132 cm³/mol. The first-order chi connectivity index (χ1) is 16.5. The lowest BCUT2D eigenvalue weighted by molar-refractivity contribution is -0.136. The summed E-state index contributed by atoms with van der Waals surface area (Å²) in [4.78, 5) is 36.3. The van der Waals surface area contributed by atoms with Crippen molar-refractivity contribution in [3.63, 3.8) is 0 Å². The second-order valence-corrected chi connectivity index (χ2v) is 7.49. The molecular weight excluding hydrogens is 456 g/mol. The molecule has 8 nitrogen and oxygen atoms in total. The van der Waals surface area contributed by atoms with E-state index in [1.54, 1.807) is 42.5 Å². The third-order valence-electron chi connectivity index (χ3n) is 4.61. The van der Waals surface area contributed by atoms with Gasteiger partial charge >= 0.3 is 11.8 Å². The summed E-state index contributed by atoms with van der Waals surface area (Å²) in [6.45, 7) is 1.80. The van der Waals surface area contributed by atoms with Crippen LogP contribution in [0.2, 0.25) is 5.02 Å². The fourth-order valence-corrected chi connectivity index (χ4v) is 3.15. The number of carbonyl (C=O) groups excluding carboxylic acids is 3. The van der Waals surface area contributed by atoms with Crippen LogP contribution in [0.15, 0.2) is 77.9 Å². The van der Waals surface area contributed by atoms with Gasteiger partial charge < -0.3 is 15.4 Å². The molecule has 0 bridgehead atoms. The molecule has 0 atom stereocenters. The van der Waals surface area contributed by atoms with Crippen molar-refractivity contribution in [2.45, 2.75) is 13.3 Å². The van der Waals surface area contributed by atoms with Crippen LogP contribution < -0.4 is 20.8 Å². The molecule has 0 unspecified atom stereocenters. The van der Waals surface area contributed by atoms with E-state index in [0.29, 0.717) is 22.0 Å². The van der Waals surface area contributed by atoms with Crippen LogP contribution >= 0.6 is 11.6 Å². The highest BCUT2D eigenvalue weighted by atomic mass is 35.5. The molecule has 0 radical (unpaired) electrons. The van der Waals surface area contributed by atoms with Crippen LogP contribution in [0.4, 0.5) is 11.4 Å². The molecule has 0 aliphatic heterocycles. The topological polar surface area (TPSA) is 109 Å². The summed E-state index contributed by atoms with van der Waals surface area (Å²) < 4.78 is 5.63. The Hall–Kier alpha value is -4.17. The summed E-state index contributed by atoms with van der Waals surface area (Å²) in [6, 6.07) is 20.8. The van der Waals surface area contributed by atoms with Gasteiger partial charge in [-0.05, 0) is 48.4 Å². The number of ether oxygens (including phenoxy) is 1. The number of aryl methyl sites for hydroxylation is 1. The van der Waals surface area contributed by atoms with Gasteiger partial charge in [0, 0.05) is 22.0 Å². The molecule has 0 aliphatic carbocycles. The van der Waals surface area contributed by atoms with Crippen LogP contribution in [0.1, 0.15) is 18.1 Å². The molecule has 9 heteroatoms. The number of nitrogens with zero attached hydrogens (tertiary/aromatic N) is 1. The maximum atomic E-state index is 12.3. The Kier molecular flexibility index (Phi) is 8.76. The van der Waals surface area contributed by atoms with Gasteiger partial charge in [0.15, 0.2) is 6.61 Å². The molecule has 0 saturated carbocycles. The number of hydrogen-bond donors (Lipinski definition) is 3. The van der Waals surface area contributed by atoms with E-state index >= 15 is 0 Å². The second kappa shape index (κ2) is 12.2. The normalized spacial score (nSPS) is 10.5. The van der Waals surface area contributed by atoms with Gasteiger partial charge in [0.05, 0.1) is 6.21 Å². The standard InChI is InChI=1S/C25H23ClN4O4/c1-2-17-8-3-5-12-21(17)29-23(31)16-34-22-13-6-4-9-18(22)15-27-30-25(33)24(32)28-20-11-7-10-19(26)14-20/h3-15H,2,16H2,1H3,(H,28,32)(H,29,31)(H,30,33)/b27-15-. The number of amides is 3. The fourth-order valence-electron chi connectivity index (χ4n) is 2.96. The lowest BCUT2D eigenvalue weighted by Crippen LogP contribution is -2.32. The lowest BCUT2D eigenvalue weighted by Gasteiger charge is -2.11. The van der Waals surface area contributed by atoms with Crippen molar-refractivity contribution >= 4 is 46.9 Å². The summed E-state index contributed by atoms with van der Waals surface area (Å²) >= 11 is 5.86. The molecule has 3 aromatic carbocycles. The first kappa shape index (κ1) is 24.5. The molecule has 0 saturated heterocycles. The highest BCUT2D eigenvalue weighted by molar-refractivity contribution is 6.39. The van der Waals surface area contributed by atoms with Crippen LogP contribution in [0, 0.1) is 0 Å². The number of benzene rings is 3. The minimum atomic E-state index is -0.955. The molecule has 3 rings (SSSR count). The Morgan fingerprint density at radius 1 is 0.941 bits per heavy atom. The van der Waals surface area contributed by atoms with Crippen LogP contribution in [0.3, 0.4) is 0 Å². The van der Waals surface area contributed by atoms with E-state index in [4.69, 9.17) is 16.3 Å². The van der Waals surface area contributed by atoms with Crippen molar-refractivity contribution in [1.82, 2.24) is 5.43 Å². The van der Waals surface area contributed by atoms with Gasteiger partial charge in [0.1, 0.15) is 5.75 Å². The van der Waals surface area contributed by atoms with Gasteiger partial charge in [-0.3, -0.25) is 14.4 Å². The van der Waals surface area contributed by atoms with Crippen LogP contribution in [-0.2, 0) is 20.8 Å². The van der Waals surface area contributed by atoms with Crippen molar-refractivity contribution in [2.24, 2.45) is 5.10 Å². The van der Waals surface area contributed by atoms with Crippen molar-refractivity contribution in [1.29, 1.82) is 0 Å². The molecular formula is C25H23ClN4O4. The van der Waals surface area contributed by atoms with Gasteiger partial charge in [-0.15, -0.1) is 0 Å². The average Bonchev–Trinajstić information content (AvgIpc) is 2.83. The summed E-state index contributed by atoms with van der Waals surface area (Å²) in [7, 11) is 0. The summed E-state index contributed by atoms with van der Waals surface area (Å²) in [5, 5.41) is 9.50. The number of hydrazone groups is 1. The zero-order valence-electron chi connectivity index (χ0n) is 18.4. The van der Waals surface area contributed by atoms with Crippen LogP contribution in [0.25, 0.3) is 0 Å². The van der Waals surface area contributed by atoms with Gasteiger partial charge in [0.2, 0.25) is 0 Å². The van der Waals surface area contributed by atoms with Crippen LogP contribution in [-0.4, -0.2) is 30.5 Å². The maximum absolute atomic E-state index is 12.3. The Morgan fingerprint density at radius 3 is 2.50 bits per heavy atom. The summed E-state index contributed by atoms with van der Waals surface area (Å²) in [5.41, 5.74) is 4.82.